The first kappa shape index (κ1) is 12.4. The van der Waals surface area contributed by atoms with Crippen molar-refractivity contribution < 1.29 is 8.42 Å². The highest BCUT2D eigenvalue weighted by molar-refractivity contribution is 7.92. The van der Waals surface area contributed by atoms with Crippen LogP contribution in [0.4, 0.5) is 5.82 Å². The Hall–Kier alpha value is -2.06. The molecule has 0 fully saturated rings. The molecule has 2 rings (SSSR count). The van der Waals surface area contributed by atoms with Gasteiger partial charge in [-0.15, -0.1) is 5.10 Å². The van der Waals surface area contributed by atoms with E-state index in [0.29, 0.717) is 5.69 Å². The van der Waals surface area contributed by atoms with E-state index < -0.39 is 10.0 Å². The molecule has 2 aromatic heterocycles. The normalized spacial score (nSPS) is 11.2. The molecule has 3 N–H and O–H groups in total. The molecule has 7 nitrogen and oxygen atoms in total. The number of nitrogens with two attached hydrogens (primary N) is 1. The number of nitrogens with one attached hydrogen (secondary N) is 1. The Morgan fingerprint density at radius 3 is 2.67 bits per heavy atom. The van der Waals surface area contributed by atoms with Crippen molar-refractivity contribution in [3.05, 3.63) is 42.4 Å². The van der Waals surface area contributed by atoms with Crippen molar-refractivity contribution in [1.29, 1.82) is 0 Å². The molecule has 0 atom stereocenters. The third kappa shape index (κ3) is 2.60. The van der Waals surface area contributed by atoms with Gasteiger partial charge in [0, 0.05) is 18.9 Å². The van der Waals surface area contributed by atoms with E-state index in [0.717, 1.165) is 0 Å². The molecule has 0 unspecified atom stereocenters. The molecule has 0 aromatic carbocycles. The summed E-state index contributed by atoms with van der Waals surface area (Å²) < 4.78 is 26.5. The minimum atomic E-state index is -3.75. The summed E-state index contributed by atoms with van der Waals surface area (Å²) in [6.45, 7) is 0.0392. The Balaban J connectivity index is 2.37. The highest BCUT2D eigenvalue weighted by Gasteiger charge is 2.19. The number of aromatic nitrogens is 3. The maximum absolute atomic E-state index is 12.1. The van der Waals surface area contributed by atoms with Crippen LogP contribution in [0.3, 0.4) is 0 Å². The Bertz CT molecular complexity index is 630. The second kappa shape index (κ2) is 5.07. The number of pyridine rings is 1. The lowest BCUT2D eigenvalue weighted by molar-refractivity contribution is 0.599. The number of hydrogen-bond acceptors (Lipinski definition) is 6. The van der Waals surface area contributed by atoms with E-state index in [1.807, 2.05) is 0 Å². The number of rotatable bonds is 4. The summed E-state index contributed by atoms with van der Waals surface area (Å²) in [6.07, 6.45) is 2.94. The van der Waals surface area contributed by atoms with E-state index >= 15 is 0 Å². The number of anilines is 1. The van der Waals surface area contributed by atoms with Gasteiger partial charge in [0.15, 0.2) is 5.82 Å². The highest BCUT2D eigenvalue weighted by atomic mass is 32.2. The van der Waals surface area contributed by atoms with Crippen molar-refractivity contribution in [2.24, 2.45) is 5.73 Å². The van der Waals surface area contributed by atoms with Gasteiger partial charge in [0.1, 0.15) is 4.90 Å². The standard InChI is InChI=1S/C10H11N5O2S/c11-7-8-9(3-1-5-12-8)18(16,17)15-10-4-2-6-13-14-10/h1-6H,7,11H2,(H,14,15). The van der Waals surface area contributed by atoms with Crippen LogP contribution < -0.4 is 10.5 Å². The van der Waals surface area contributed by atoms with Gasteiger partial charge in [-0.1, -0.05) is 0 Å². The number of hydrogen-bond donors (Lipinski definition) is 2. The zero-order valence-corrected chi connectivity index (χ0v) is 10.1. The summed E-state index contributed by atoms with van der Waals surface area (Å²) in [4.78, 5) is 3.96. The van der Waals surface area contributed by atoms with E-state index in [1.54, 1.807) is 6.07 Å². The molecule has 0 saturated heterocycles. The zero-order chi connectivity index (χ0) is 13.0. The van der Waals surface area contributed by atoms with Crippen molar-refractivity contribution in [3.8, 4) is 0 Å². The van der Waals surface area contributed by atoms with Crippen LogP contribution in [0.5, 0.6) is 0 Å². The first-order valence-corrected chi connectivity index (χ1v) is 6.56. The van der Waals surface area contributed by atoms with Gasteiger partial charge in [0.05, 0.1) is 5.69 Å². The molecule has 0 aliphatic heterocycles. The fourth-order valence-corrected chi connectivity index (χ4v) is 2.57. The van der Waals surface area contributed by atoms with E-state index in [4.69, 9.17) is 5.73 Å². The monoisotopic (exact) mass is 265 g/mol. The smallest absolute Gasteiger partial charge is 0.264 e. The lowest BCUT2D eigenvalue weighted by atomic mass is 10.3. The lowest BCUT2D eigenvalue weighted by Crippen LogP contribution is -2.18. The molecule has 2 heterocycles. The van der Waals surface area contributed by atoms with Gasteiger partial charge in [0.2, 0.25) is 0 Å². The average molecular weight is 265 g/mol. The molecule has 0 spiro atoms. The van der Waals surface area contributed by atoms with E-state index in [9.17, 15) is 8.42 Å². The molecule has 94 valence electrons. The van der Waals surface area contributed by atoms with Gasteiger partial charge in [-0.2, -0.15) is 5.10 Å². The molecule has 0 radical (unpaired) electrons. The largest absolute Gasteiger partial charge is 0.325 e. The molecular formula is C10H11N5O2S. The average Bonchev–Trinajstić information content (AvgIpc) is 2.39. The molecule has 2 aromatic rings. The minimum Gasteiger partial charge on any atom is -0.325 e. The summed E-state index contributed by atoms with van der Waals surface area (Å²) in [7, 11) is -3.75. The molecule has 0 saturated carbocycles. The SMILES string of the molecule is NCc1ncccc1S(=O)(=O)Nc1cccnn1. The number of sulfonamides is 1. The maximum atomic E-state index is 12.1. The third-order valence-corrected chi connectivity index (χ3v) is 3.57. The molecule has 18 heavy (non-hydrogen) atoms. The third-order valence-electron chi connectivity index (χ3n) is 2.14. The Morgan fingerprint density at radius 1 is 1.22 bits per heavy atom. The summed E-state index contributed by atoms with van der Waals surface area (Å²) in [5, 5.41) is 7.24. The minimum absolute atomic E-state index is 0.0392. The van der Waals surface area contributed by atoms with Crippen LogP contribution >= 0.6 is 0 Å². The van der Waals surface area contributed by atoms with Crippen molar-refractivity contribution in [3.63, 3.8) is 0 Å². The summed E-state index contributed by atoms with van der Waals surface area (Å²) in [6, 6.07) is 6.05. The van der Waals surface area contributed by atoms with Crippen LogP contribution in [0.15, 0.2) is 41.6 Å². The quantitative estimate of drug-likeness (QED) is 0.813. The van der Waals surface area contributed by atoms with E-state index in [-0.39, 0.29) is 17.3 Å². The predicted octanol–water partition coefficient (Wildman–Crippen LogP) is 0.131. The van der Waals surface area contributed by atoms with Gasteiger partial charge in [-0.3, -0.25) is 9.71 Å². The van der Waals surface area contributed by atoms with E-state index in [2.05, 4.69) is 19.9 Å². The summed E-state index contributed by atoms with van der Waals surface area (Å²) in [5.74, 6) is 0.143. The van der Waals surface area contributed by atoms with E-state index in [1.165, 1.54) is 30.6 Å². The second-order valence-electron chi connectivity index (χ2n) is 3.37. The first-order chi connectivity index (χ1) is 8.63. The Labute approximate surface area is 104 Å². The number of nitrogens with zero attached hydrogens (tertiary/aromatic N) is 3. The van der Waals surface area contributed by atoms with Gasteiger partial charge in [-0.25, -0.2) is 8.42 Å². The van der Waals surface area contributed by atoms with Crippen LogP contribution in [0.1, 0.15) is 5.69 Å². The van der Waals surface area contributed by atoms with Crippen molar-refractivity contribution >= 4 is 15.8 Å². The summed E-state index contributed by atoms with van der Waals surface area (Å²) in [5.41, 5.74) is 5.76. The highest BCUT2D eigenvalue weighted by Crippen LogP contribution is 2.15. The predicted molar refractivity (Wildman–Crippen MR) is 65.0 cm³/mol. The van der Waals surface area contributed by atoms with Crippen molar-refractivity contribution in [2.75, 3.05) is 4.72 Å². The molecule has 0 aliphatic rings. The van der Waals surface area contributed by atoms with Crippen molar-refractivity contribution in [1.82, 2.24) is 15.2 Å². The van der Waals surface area contributed by atoms with Gasteiger partial charge in [0.25, 0.3) is 10.0 Å². The topological polar surface area (TPSA) is 111 Å². The van der Waals surface area contributed by atoms with Crippen LogP contribution in [-0.4, -0.2) is 23.6 Å². The first-order valence-electron chi connectivity index (χ1n) is 5.08. The fraction of sp³-hybridized carbons (Fsp3) is 0.100. The summed E-state index contributed by atoms with van der Waals surface area (Å²) >= 11 is 0. The van der Waals surface area contributed by atoms with Gasteiger partial charge in [-0.05, 0) is 24.3 Å². The fourth-order valence-electron chi connectivity index (χ4n) is 1.37. The maximum Gasteiger partial charge on any atom is 0.264 e. The Kier molecular flexibility index (Phi) is 3.49. The second-order valence-corrected chi connectivity index (χ2v) is 5.02. The van der Waals surface area contributed by atoms with Crippen LogP contribution in [0.25, 0.3) is 0 Å². The van der Waals surface area contributed by atoms with Crippen LogP contribution in [0.2, 0.25) is 0 Å². The molecule has 0 amide bonds. The molecule has 8 heteroatoms. The Morgan fingerprint density at radius 2 is 2.00 bits per heavy atom. The lowest BCUT2D eigenvalue weighted by Gasteiger charge is -2.09. The van der Waals surface area contributed by atoms with Crippen molar-refractivity contribution in [2.45, 2.75) is 11.4 Å². The van der Waals surface area contributed by atoms with Gasteiger partial charge < -0.3 is 5.73 Å². The molecular weight excluding hydrogens is 254 g/mol. The molecule has 0 aliphatic carbocycles. The zero-order valence-electron chi connectivity index (χ0n) is 9.31. The van der Waals surface area contributed by atoms with Crippen LogP contribution in [-0.2, 0) is 16.6 Å². The molecule has 0 bridgehead atoms. The van der Waals surface area contributed by atoms with Gasteiger partial charge >= 0.3 is 0 Å². The van der Waals surface area contributed by atoms with Crippen LogP contribution in [0, 0.1) is 0 Å².